The predicted octanol–water partition coefficient (Wildman–Crippen LogP) is 4.83. The van der Waals surface area contributed by atoms with Crippen LogP contribution in [0.1, 0.15) is 24.1 Å². The van der Waals surface area contributed by atoms with Gasteiger partial charge in [0.15, 0.2) is 0 Å². The Hall–Kier alpha value is -2.64. The molecule has 0 aliphatic heterocycles. The number of nitrogens with one attached hydrogen (secondary N) is 1. The van der Waals surface area contributed by atoms with Crippen LogP contribution < -0.4 is 9.62 Å². The van der Waals surface area contributed by atoms with Crippen molar-refractivity contribution in [3.63, 3.8) is 0 Å². The monoisotopic (exact) mass is 486 g/mol. The molecular formula is C23H23BrN2O3S. The Morgan fingerprint density at radius 3 is 2.17 bits per heavy atom. The van der Waals surface area contributed by atoms with Crippen LogP contribution in [-0.4, -0.2) is 20.9 Å². The van der Waals surface area contributed by atoms with E-state index in [1.165, 1.54) is 0 Å². The summed E-state index contributed by atoms with van der Waals surface area (Å²) >= 11 is 3.36. The Morgan fingerprint density at radius 1 is 0.967 bits per heavy atom. The molecule has 0 radical (unpaired) electrons. The first-order valence-corrected chi connectivity index (χ1v) is 11.7. The van der Waals surface area contributed by atoms with Crippen LogP contribution in [-0.2, 0) is 14.8 Å². The molecule has 0 spiro atoms. The van der Waals surface area contributed by atoms with E-state index in [0.717, 1.165) is 19.9 Å². The SMILES string of the molecule is Cc1ccc(S(=O)(=O)N(CC(=O)N[C@@H](C)c2ccccc2)c2ccc(Br)cc2)cc1. The van der Waals surface area contributed by atoms with Gasteiger partial charge in [-0.15, -0.1) is 0 Å². The third kappa shape index (κ3) is 5.29. The molecule has 0 aromatic heterocycles. The van der Waals surface area contributed by atoms with Gasteiger partial charge in [-0.1, -0.05) is 64.0 Å². The minimum atomic E-state index is -3.92. The molecule has 0 aliphatic rings. The lowest BCUT2D eigenvalue weighted by Crippen LogP contribution is -2.41. The molecule has 7 heteroatoms. The molecule has 3 aromatic carbocycles. The minimum absolute atomic E-state index is 0.139. The van der Waals surface area contributed by atoms with E-state index in [0.29, 0.717) is 5.69 Å². The third-order valence-electron chi connectivity index (χ3n) is 4.69. The number of carbonyl (C=O) groups is 1. The normalized spacial score (nSPS) is 12.2. The molecule has 1 atom stereocenters. The van der Waals surface area contributed by atoms with E-state index < -0.39 is 10.0 Å². The summed E-state index contributed by atoms with van der Waals surface area (Å²) in [6.07, 6.45) is 0. The summed E-state index contributed by atoms with van der Waals surface area (Å²) in [6, 6.07) is 22.7. The number of halogens is 1. The molecule has 1 N–H and O–H groups in total. The van der Waals surface area contributed by atoms with Gasteiger partial charge in [-0.05, 0) is 55.8 Å². The molecular weight excluding hydrogens is 464 g/mol. The third-order valence-corrected chi connectivity index (χ3v) is 7.00. The van der Waals surface area contributed by atoms with Gasteiger partial charge in [0.1, 0.15) is 6.54 Å². The molecule has 0 fully saturated rings. The van der Waals surface area contributed by atoms with Gasteiger partial charge in [0, 0.05) is 4.47 Å². The van der Waals surface area contributed by atoms with Crippen LogP contribution in [0.25, 0.3) is 0 Å². The molecule has 0 bridgehead atoms. The summed E-state index contributed by atoms with van der Waals surface area (Å²) < 4.78 is 28.7. The number of sulfonamides is 1. The predicted molar refractivity (Wildman–Crippen MR) is 123 cm³/mol. The highest BCUT2D eigenvalue weighted by atomic mass is 79.9. The second-order valence-corrected chi connectivity index (χ2v) is 9.78. The number of rotatable bonds is 7. The van der Waals surface area contributed by atoms with Crippen molar-refractivity contribution in [2.24, 2.45) is 0 Å². The Bertz CT molecular complexity index is 1100. The summed E-state index contributed by atoms with van der Waals surface area (Å²) in [6.45, 7) is 3.43. The van der Waals surface area contributed by atoms with E-state index >= 15 is 0 Å². The van der Waals surface area contributed by atoms with Crippen LogP contribution in [0.15, 0.2) is 88.2 Å². The molecule has 3 rings (SSSR count). The van der Waals surface area contributed by atoms with Crippen LogP contribution >= 0.6 is 15.9 Å². The number of nitrogens with zero attached hydrogens (tertiary/aromatic N) is 1. The maximum atomic E-state index is 13.4. The summed E-state index contributed by atoms with van der Waals surface area (Å²) in [4.78, 5) is 12.9. The molecule has 30 heavy (non-hydrogen) atoms. The van der Waals surface area contributed by atoms with Crippen LogP contribution in [0.3, 0.4) is 0 Å². The first-order valence-electron chi connectivity index (χ1n) is 9.46. The number of hydrogen-bond donors (Lipinski definition) is 1. The van der Waals surface area contributed by atoms with E-state index in [1.54, 1.807) is 48.5 Å². The molecule has 0 unspecified atom stereocenters. The van der Waals surface area contributed by atoms with Crippen LogP contribution in [0.5, 0.6) is 0 Å². The fourth-order valence-electron chi connectivity index (χ4n) is 3.00. The fraction of sp³-hybridized carbons (Fsp3) is 0.174. The van der Waals surface area contributed by atoms with Crippen molar-refractivity contribution in [1.82, 2.24) is 5.32 Å². The zero-order chi connectivity index (χ0) is 21.7. The molecule has 0 heterocycles. The fourth-order valence-corrected chi connectivity index (χ4v) is 4.69. The van der Waals surface area contributed by atoms with Crippen molar-refractivity contribution in [3.05, 3.63) is 94.5 Å². The lowest BCUT2D eigenvalue weighted by atomic mass is 10.1. The van der Waals surface area contributed by atoms with Gasteiger partial charge < -0.3 is 5.32 Å². The number of aryl methyl sites for hydroxylation is 1. The quantitative estimate of drug-likeness (QED) is 0.519. The van der Waals surface area contributed by atoms with Crippen molar-refractivity contribution >= 4 is 37.5 Å². The Balaban J connectivity index is 1.89. The second-order valence-electron chi connectivity index (χ2n) is 7.00. The first kappa shape index (κ1) is 22.1. The molecule has 0 saturated heterocycles. The number of benzene rings is 3. The van der Waals surface area contributed by atoms with Crippen LogP contribution in [0.2, 0.25) is 0 Å². The van der Waals surface area contributed by atoms with Crippen LogP contribution in [0.4, 0.5) is 5.69 Å². The van der Waals surface area contributed by atoms with Gasteiger partial charge >= 0.3 is 0 Å². The molecule has 5 nitrogen and oxygen atoms in total. The molecule has 0 saturated carbocycles. The van der Waals surface area contributed by atoms with Crippen molar-refractivity contribution in [2.45, 2.75) is 24.8 Å². The summed E-state index contributed by atoms with van der Waals surface area (Å²) in [5.74, 6) is -0.384. The van der Waals surface area contributed by atoms with E-state index in [9.17, 15) is 13.2 Å². The van der Waals surface area contributed by atoms with E-state index in [2.05, 4.69) is 21.2 Å². The van der Waals surface area contributed by atoms with Gasteiger partial charge in [-0.25, -0.2) is 8.42 Å². The molecule has 3 aromatic rings. The second kappa shape index (κ2) is 9.45. The Labute approximate surface area is 185 Å². The number of carbonyl (C=O) groups excluding carboxylic acids is 1. The summed E-state index contributed by atoms with van der Waals surface area (Å²) in [5, 5.41) is 2.89. The first-order chi connectivity index (χ1) is 14.3. The largest absolute Gasteiger partial charge is 0.348 e. The standard InChI is InChI=1S/C23H23BrN2O3S/c1-17-8-14-22(15-9-17)30(28,29)26(21-12-10-20(24)11-13-21)16-23(27)25-18(2)19-6-4-3-5-7-19/h3-15,18H,16H2,1-2H3,(H,25,27)/t18-/m0/s1. The Kier molecular flexibility index (Phi) is 6.95. The summed E-state index contributed by atoms with van der Waals surface area (Å²) in [5.41, 5.74) is 2.32. The molecule has 0 aliphatic carbocycles. The van der Waals surface area contributed by atoms with Crippen molar-refractivity contribution in [2.75, 3.05) is 10.8 Å². The highest BCUT2D eigenvalue weighted by Crippen LogP contribution is 2.25. The van der Waals surface area contributed by atoms with E-state index in [4.69, 9.17) is 0 Å². The highest BCUT2D eigenvalue weighted by Gasteiger charge is 2.27. The Morgan fingerprint density at radius 2 is 1.57 bits per heavy atom. The van der Waals surface area contributed by atoms with Gasteiger partial charge in [0.2, 0.25) is 5.91 Å². The topological polar surface area (TPSA) is 66.5 Å². The van der Waals surface area contributed by atoms with Crippen molar-refractivity contribution < 1.29 is 13.2 Å². The lowest BCUT2D eigenvalue weighted by Gasteiger charge is -2.25. The maximum absolute atomic E-state index is 13.4. The zero-order valence-corrected chi connectivity index (χ0v) is 19.2. The maximum Gasteiger partial charge on any atom is 0.264 e. The van der Waals surface area contributed by atoms with Gasteiger partial charge in [0.25, 0.3) is 10.0 Å². The van der Waals surface area contributed by atoms with Gasteiger partial charge in [-0.3, -0.25) is 9.10 Å². The van der Waals surface area contributed by atoms with E-state index in [-0.39, 0.29) is 23.4 Å². The minimum Gasteiger partial charge on any atom is -0.348 e. The van der Waals surface area contributed by atoms with Gasteiger partial charge in [-0.2, -0.15) is 0 Å². The molecule has 156 valence electrons. The lowest BCUT2D eigenvalue weighted by molar-refractivity contribution is -0.120. The zero-order valence-electron chi connectivity index (χ0n) is 16.7. The number of amides is 1. The van der Waals surface area contributed by atoms with Crippen LogP contribution in [0, 0.1) is 6.92 Å². The van der Waals surface area contributed by atoms with Gasteiger partial charge in [0.05, 0.1) is 16.6 Å². The number of anilines is 1. The summed E-state index contributed by atoms with van der Waals surface area (Å²) in [7, 11) is -3.92. The average Bonchev–Trinajstić information content (AvgIpc) is 2.73. The number of hydrogen-bond acceptors (Lipinski definition) is 3. The smallest absolute Gasteiger partial charge is 0.264 e. The molecule has 1 amide bonds. The van der Waals surface area contributed by atoms with Crippen molar-refractivity contribution in [1.29, 1.82) is 0 Å². The van der Waals surface area contributed by atoms with Crippen molar-refractivity contribution in [3.8, 4) is 0 Å². The highest BCUT2D eigenvalue weighted by molar-refractivity contribution is 9.10. The average molecular weight is 487 g/mol. The van der Waals surface area contributed by atoms with E-state index in [1.807, 2.05) is 44.2 Å².